The van der Waals surface area contributed by atoms with Crippen molar-refractivity contribution in [3.63, 3.8) is 0 Å². The first-order chi connectivity index (χ1) is 18.3. The Hall–Kier alpha value is -3.30. The van der Waals surface area contributed by atoms with Crippen LogP contribution < -0.4 is 10.6 Å². The molecule has 0 radical (unpaired) electrons. The average molecular weight is 548 g/mol. The number of carbonyl (C=O) groups excluding carboxylic acids is 4. The maximum absolute atomic E-state index is 14.3. The Bertz CT molecular complexity index is 1020. The summed E-state index contributed by atoms with van der Waals surface area (Å²) in [5, 5.41) is 16.5. The summed E-state index contributed by atoms with van der Waals surface area (Å²) >= 11 is 0. The van der Waals surface area contributed by atoms with Gasteiger partial charge in [-0.05, 0) is 65.4 Å². The summed E-state index contributed by atoms with van der Waals surface area (Å²) in [6.45, 7) is 12.7. The van der Waals surface area contributed by atoms with Crippen molar-refractivity contribution in [2.24, 2.45) is 5.92 Å². The standard InChI is InChI=1S/C29H45N3O7/c1-8-18(3)23(31-28(37)39-29(5,6)7)27(36)32(20-13-11-14-20)24(21-15-10-12-19(4)25(21)34)26(35)30-17-16-22(33)38-9-2/h10,12,15,18,20,23-24,34H,8-9,11,13-14,16-17H2,1-7H3,(H,30,35)(H,31,37). The number of ether oxygens (including phenoxy) is 2. The molecule has 3 atom stereocenters. The monoisotopic (exact) mass is 547 g/mol. The number of hydrogen-bond donors (Lipinski definition) is 3. The predicted molar refractivity (Wildman–Crippen MR) is 147 cm³/mol. The van der Waals surface area contributed by atoms with Crippen LogP contribution in [-0.4, -0.2) is 64.7 Å². The second kappa shape index (κ2) is 14.2. The highest BCUT2D eigenvalue weighted by atomic mass is 16.6. The van der Waals surface area contributed by atoms with Gasteiger partial charge < -0.3 is 30.1 Å². The minimum atomic E-state index is -1.17. The zero-order valence-electron chi connectivity index (χ0n) is 24.3. The number of nitrogens with one attached hydrogen (secondary N) is 2. The third kappa shape index (κ3) is 8.86. The second-order valence-electron chi connectivity index (χ2n) is 11.1. The van der Waals surface area contributed by atoms with E-state index >= 15 is 0 Å². The lowest BCUT2D eigenvalue weighted by Gasteiger charge is -2.44. The fraction of sp³-hybridized carbons (Fsp3) is 0.655. The normalized spacial score (nSPS) is 15.8. The van der Waals surface area contributed by atoms with Crippen LogP contribution in [0.1, 0.15) is 90.8 Å². The van der Waals surface area contributed by atoms with Crippen LogP contribution in [0.25, 0.3) is 0 Å². The van der Waals surface area contributed by atoms with Crippen LogP contribution in [0, 0.1) is 12.8 Å². The summed E-state index contributed by atoms with van der Waals surface area (Å²) in [4.78, 5) is 54.1. The number of esters is 1. The minimum absolute atomic E-state index is 0.0123. The van der Waals surface area contributed by atoms with E-state index in [-0.39, 0.29) is 42.8 Å². The molecule has 10 heteroatoms. The molecule has 0 aliphatic heterocycles. The van der Waals surface area contributed by atoms with Crippen molar-refractivity contribution < 1.29 is 33.8 Å². The molecule has 0 aromatic heterocycles. The summed E-state index contributed by atoms with van der Waals surface area (Å²) in [5.74, 6) is -1.74. The number of aromatic hydroxyl groups is 1. The van der Waals surface area contributed by atoms with Gasteiger partial charge in [0.25, 0.3) is 0 Å². The van der Waals surface area contributed by atoms with Crippen LogP contribution in [0.15, 0.2) is 18.2 Å². The summed E-state index contributed by atoms with van der Waals surface area (Å²) in [6, 6.07) is 2.68. The molecule has 10 nitrogen and oxygen atoms in total. The number of aryl methyl sites for hydroxylation is 1. The number of nitrogens with zero attached hydrogens (tertiary/aromatic N) is 1. The molecule has 0 spiro atoms. The topological polar surface area (TPSA) is 134 Å². The molecule has 2 rings (SSSR count). The highest BCUT2D eigenvalue weighted by molar-refractivity contribution is 5.93. The van der Waals surface area contributed by atoms with E-state index in [2.05, 4.69) is 10.6 Å². The Morgan fingerprint density at radius 2 is 1.82 bits per heavy atom. The zero-order valence-corrected chi connectivity index (χ0v) is 24.3. The van der Waals surface area contributed by atoms with Gasteiger partial charge in [0.15, 0.2) is 0 Å². The number of alkyl carbamates (subject to hydrolysis) is 1. The summed E-state index contributed by atoms with van der Waals surface area (Å²) in [5.41, 5.74) is 0.0856. The lowest BCUT2D eigenvalue weighted by molar-refractivity contribution is -0.149. The van der Waals surface area contributed by atoms with Gasteiger partial charge in [-0.2, -0.15) is 0 Å². The van der Waals surface area contributed by atoms with Crippen LogP contribution >= 0.6 is 0 Å². The highest BCUT2D eigenvalue weighted by Gasteiger charge is 2.44. The molecular weight excluding hydrogens is 502 g/mol. The molecule has 1 aromatic rings. The number of carbonyl (C=O) groups is 4. The molecule has 0 saturated heterocycles. The van der Waals surface area contributed by atoms with Gasteiger partial charge in [0, 0.05) is 18.2 Å². The van der Waals surface area contributed by atoms with Gasteiger partial charge >= 0.3 is 12.1 Å². The maximum atomic E-state index is 14.3. The van der Waals surface area contributed by atoms with Crippen LogP contribution in [0.3, 0.4) is 0 Å². The van der Waals surface area contributed by atoms with E-state index in [1.165, 1.54) is 4.90 Å². The molecule has 218 valence electrons. The number of amides is 3. The molecule has 1 fully saturated rings. The van der Waals surface area contributed by atoms with Gasteiger partial charge in [-0.1, -0.05) is 38.5 Å². The van der Waals surface area contributed by atoms with Crippen LogP contribution in [-0.2, 0) is 23.9 Å². The Morgan fingerprint density at radius 3 is 2.36 bits per heavy atom. The molecule has 0 heterocycles. The molecule has 1 aromatic carbocycles. The van der Waals surface area contributed by atoms with Gasteiger partial charge in [-0.25, -0.2) is 4.79 Å². The molecule has 0 bridgehead atoms. The molecule has 3 N–H and O–H groups in total. The van der Waals surface area contributed by atoms with Gasteiger partial charge in [0.05, 0.1) is 13.0 Å². The largest absolute Gasteiger partial charge is 0.507 e. The molecule has 39 heavy (non-hydrogen) atoms. The number of hydrogen-bond acceptors (Lipinski definition) is 7. The number of phenolic OH excluding ortho intramolecular Hbond substituents is 1. The molecule has 1 aliphatic carbocycles. The zero-order chi connectivity index (χ0) is 29.3. The van der Waals surface area contributed by atoms with E-state index < -0.39 is 41.6 Å². The number of phenols is 1. The number of para-hydroxylation sites is 1. The summed E-state index contributed by atoms with van der Waals surface area (Å²) in [6.07, 6.45) is 2.10. The summed E-state index contributed by atoms with van der Waals surface area (Å²) < 4.78 is 10.4. The second-order valence-corrected chi connectivity index (χ2v) is 11.1. The fourth-order valence-corrected chi connectivity index (χ4v) is 4.40. The smallest absolute Gasteiger partial charge is 0.408 e. The number of benzene rings is 1. The Balaban J connectivity index is 2.50. The molecule has 1 aliphatic rings. The van der Waals surface area contributed by atoms with Crippen molar-refractivity contribution in [2.45, 2.75) is 104 Å². The van der Waals surface area contributed by atoms with E-state index in [0.717, 1.165) is 6.42 Å². The Labute approximate surface area is 231 Å². The van der Waals surface area contributed by atoms with E-state index in [0.29, 0.717) is 24.8 Å². The lowest BCUT2D eigenvalue weighted by atomic mass is 9.86. The van der Waals surface area contributed by atoms with Crippen molar-refractivity contribution in [1.29, 1.82) is 0 Å². The minimum Gasteiger partial charge on any atom is -0.507 e. The first kappa shape index (κ1) is 31.9. The maximum Gasteiger partial charge on any atom is 0.408 e. The van der Waals surface area contributed by atoms with E-state index in [9.17, 15) is 24.3 Å². The van der Waals surface area contributed by atoms with Crippen LogP contribution in [0.4, 0.5) is 4.79 Å². The van der Waals surface area contributed by atoms with Gasteiger partial charge in [0.2, 0.25) is 11.8 Å². The van der Waals surface area contributed by atoms with Crippen molar-refractivity contribution in [3.8, 4) is 5.75 Å². The quantitative estimate of drug-likeness (QED) is 0.335. The average Bonchev–Trinajstić information content (AvgIpc) is 2.81. The molecular formula is C29H45N3O7. The molecule has 3 amide bonds. The third-order valence-electron chi connectivity index (χ3n) is 6.90. The van der Waals surface area contributed by atoms with Crippen molar-refractivity contribution >= 4 is 23.9 Å². The fourth-order valence-electron chi connectivity index (χ4n) is 4.40. The Morgan fingerprint density at radius 1 is 1.15 bits per heavy atom. The van der Waals surface area contributed by atoms with Crippen molar-refractivity contribution in [3.05, 3.63) is 29.3 Å². The Kier molecular flexibility index (Phi) is 11.6. The van der Waals surface area contributed by atoms with Crippen molar-refractivity contribution in [1.82, 2.24) is 15.5 Å². The first-order valence-corrected chi connectivity index (χ1v) is 13.8. The number of rotatable bonds is 12. The van der Waals surface area contributed by atoms with Gasteiger partial charge in [-0.3, -0.25) is 14.4 Å². The third-order valence-corrected chi connectivity index (χ3v) is 6.90. The van der Waals surface area contributed by atoms with E-state index in [1.54, 1.807) is 52.8 Å². The van der Waals surface area contributed by atoms with Gasteiger partial charge in [-0.15, -0.1) is 0 Å². The van der Waals surface area contributed by atoms with Gasteiger partial charge in [0.1, 0.15) is 23.4 Å². The van der Waals surface area contributed by atoms with E-state index in [4.69, 9.17) is 9.47 Å². The predicted octanol–water partition coefficient (Wildman–Crippen LogP) is 4.13. The summed E-state index contributed by atoms with van der Waals surface area (Å²) in [7, 11) is 0. The first-order valence-electron chi connectivity index (χ1n) is 13.8. The van der Waals surface area contributed by atoms with Crippen molar-refractivity contribution in [2.75, 3.05) is 13.2 Å². The highest BCUT2D eigenvalue weighted by Crippen LogP contribution is 2.38. The van der Waals surface area contributed by atoms with Crippen LogP contribution in [0.2, 0.25) is 0 Å². The molecule has 1 saturated carbocycles. The molecule has 3 unspecified atom stereocenters. The van der Waals surface area contributed by atoms with E-state index in [1.807, 2.05) is 13.8 Å². The SMILES string of the molecule is CCOC(=O)CCNC(=O)C(c1cccc(C)c1O)N(C(=O)C(NC(=O)OC(C)(C)C)C(C)CC)C1CCC1. The van der Waals surface area contributed by atoms with Crippen LogP contribution in [0.5, 0.6) is 5.75 Å². The lowest BCUT2D eigenvalue weighted by Crippen LogP contribution is -2.59.